The number of aromatic nitrogens is 3. The number of aryl methyl sites for hydroxylation is 1. The van der Waals surface area contributed by atoms with Crippen LogP contribution < -0.4 is 19.9 Å². The highest BCUT2D eigenvalue weighted by atomic mass is 35.5. The van der Waals surface area contributed by atoms with Gasteiger partial charge in [-0.05, 0) is 60.0 Å². The van der Waals surface area contributed by atoms with E-state index in [1.165, 1.54) is 13.0 Å². The summed E-state index contributed by atoms with van der Waals surface area (Å²) in [4.78, 5) is 24.7. The van der Waals surface area contributed by atoms with Crippen molar-refractivity contribution < 1.29 is 27.0 Å². The summed E-state index contributed by atoms with van der Waals surface area (Å²) < 4.78 is 69.3. The van der Waals surface area contributed by atoms with E-state index in [2.05, 4.69) is 15.0 Å². The molecule has 0 saturated carbocycles. The van der Waals surface area contributed by atoms with E-state index >= 15 is 4.39 Å². The van der Waals surface area contributed by atoms with Gasteiger partial charge in [0.1, 0.15) is 22.7 Å². The van der Waals surface area contributed by atoms with Crippen LogP contribution in [0.15, 0.2) is 71.8 Å². The summed E-state index contributed by atoms with van der Waals surface area (Å²) in [5, 5.41) is -1.13. The van der Waals surface area contributed by atoms with Gasteiger partial charge in [-0.25, -0.2) is 14.4 Å². The van der Waals surface area contributed by atoms with Crippen LogP contribution in [0.4, 0.5) is 23.4 Å². The number of methoxy groups -OCH3 is 2. The van der Waals surface area contributed by atoms with Crippen LogP contribution in [0.2, 0.25) is 5.02 Å². The van der Waals surface area contributed by atoms with Gasteiger partial charge < -0.3 is 19.4 Å². The molecule has 0 fully saturated rings. The first-order valence-corrected chi connectivity index (χ1v) is 13.3. The lowest BCUT2D eigenvalue weighted by Crippen LogP contribution is -2.24. The molecule has 0 spiro atoms. The molecule has 12 heteroatoms. The molecule has 43 heavy (non-hydrogen) atoms. The number of pyridine rings is 1. The molecule has 222 valence electrons. The van der Waals surface area contributed by atoms with Crippen molar-refractivity contribution in [3.63, 3.8) is 0 Å². The van der Waals surface area contributed by atoms with Crippen molar-refractivity contribution in [2.45, 2.75) is 26.2 Å². The average Bonchev–Trinajstić information content (AvgIpc) is 2.98. The maximum atomic E-state index is 15.4. The van der Waals surface area contributed by atoms with E-state index in [1.54, 1.807) is 43.4 Å². The molecular formula is C31H25ClF4N4O3. The third-order valence-electron chi connectivity index (χ3n) is 6.94. The fourth-order valence-electron chi connectivity index (χ4n) is 4.83. The van der Waals surface area contributed by atoms with E-state index in [0.717, 1.165) is 23.5 Å². The first-order valence-electron chi connectivity index (χ1n) is 13.0. The number of hydrogen-bond donors (Lipinski definition) is 1. The summed E-state index contributed by atoms with van der Waals surface area (Å²) in [6.07, 6.45) is -3.81. The predicted molar refractivity (Wildman–Crippen MR) is 156 cm³/mol. The van der Waals surface area contributed by atoms with Crippen molar-refractivity contribution >= 4 is 28.3 Å². The molecule has 0 saturated heterocycles. The first kappa shape index (κ1) is 29.8. The molecule has 0 amide bonds. The summed E-state index contributed by atoms with van der Waals surface area (Å²) in [5.74, 6) is 0.311. The van der Waals surface area contributed by atoms with Gasteiger partial charge in [-0.1, -0.05) is 35.9 Å². The van der Waals surface area contributed by atoms with E-state index in [0.29, 0.717) is 11.5 Å². The minimum Gasteiger partial charge on any atom is -0.497 e. The molecule has 1 N–H and O–H groups in total. The van der Waals surface area contributed by atoms with E-state index in [1.807, 2.05) is 24.3 Å². The van der Waals surface area contributed by atoms with Crippen LogP contribution in [0.5, 0.6) is 11.5 Å². The molecule has 0 aliphatic rings. The maximum Gasteiger partial charge on any atom is 0.418 e. The van der Waals surface area contributed by atoms with Gasteiger partial charge in [0, 0.05) is 18.7 Å². The van der Waals surface area contributed by atoms with Crippen LogP contribution in [-0.4, -0.2) is 29.2 Å². The molecule has 0 bridgehead atoms. The lowest BCUT2D eigenvalue weighted by molar-refractivity contribution is -0.137. The molecule has 3 aromatic carbocycles. The molecule has 5 aromatic rings. The van der Waals surface area contributed by atoms with Crippen LogP contribution in [0.25, 0.3) is 22.2 Å². The van der Waals surface area contributed by atoms with Gasteiger partial charge in [-0.2, -0.15) is 13.2 Å². The van der Waals surface area contributed by atoms with Crippen LogP contribution in [0.1, 0.15) is 22.3 Å². The molecule has 2 heterocycles. The quantitative estimate of drug-likeness (QED) is 0.185. The van der Waals surface area contributed by atoms with Crippen LogP contribution >= 0.6 is 11.6 Å². The largest absolute Gasteiger partial charge is 0.497 e. The number of H-pyrrole nitrogens is 1. The van der Waals surface area contributed by atoms with E-state index in [-0.39, 0.29) is 35.6 Å². The van der Waals surface area contributed by atoms with Crippen molar-refractivity contribution in [2.75, 3.05) is 19.1 Å². The van der Waals surface area contributed by atoms with Gasteiger partial charge in [-0.15, -0.1) is 0 Å². The summed E-state index contributed by atoms with van der Waals surface area (Å²) in [5.41, 5.74) is -1.42. The van der Waals surface area contributed by atoms with Crippen molar-refractivity contribution in [1.29, 1.82) is 0 Å². The zero-order chi connectivity index (χ0) is 30.9. The van der Waals surface area contributed by atoms with Gasteiger partial charge in [0.25, 0.3) is 5.56 Å². The highest BCUT2D eigenvalue weighted by Crippen LogP contribution is 2.43. The van der Waals surface area contributed by atoms with E-state index in [9.17, 15) is 18.0 Å². The predicted octanol–water partition coefficient (Wildman–Crippen LogP) is 7.33. The SMILES string of the molecule is COc1ccc(CN(Cc2ccc(OC)cc2)c2cc(C)c(C(F)(F)F)c(-c3cc4nc[nH]c(=O)c4c(F)c3Cl)n2)cc1. The van der Waals surface area contributed by atoms with Gasteiger partial charge in [0.05, 0.1) is 42.3 Å². The minimum atomic E-state index is -4.85. The Bertz CT molecular complexity index is 1790. The topological polar surface area (TPSA) is 80.3 Å². The van der Waals surface area contributed by atoms with Crippen molar-refractivity contribution in [3.8, 4) is 22.8 Å². The fraction of sp³-hybridized carbons (Fsp3) is 0.194. The summed E-state index contributed by atoms with van der Waals surface area (Å²) >= 11 is 6.30. The first-order chi connectivity index (χ1) is 20.5. The number of nitrogens with one attached hydrogen (secondary N) is 1. The zero-order valence-electron chi connectivity index (χ0n) is 23.2. The third-order valence-corrected chi connectivity index (χ3v) is 7.31. The van der Waals surface area contributed by atoms with Gasteiger partial charge in [0.15, 0.2) is 5.82 Å². The smallest absolute Gasteiger partial charge is 0.418 e. The number of hydrogen-bond acceptors (Lipinski definition) is 6. The number of aromatic amines is 1. The number of nitrogens with zero attached hydrogens (tertiary/aromatic N) is 3. The Morgan fingerprint density at radius 3 is 2.00 bits per heavy atom. The molecule has 5 rings (SSSR count). The number of fused-ring (bicyclic) bond motifs is 1. The monoisotopic (exact) mass is 612 g/mol. The molecule has 0 aliphatic heterocycles. The highest BCUT2D eigenvalue weighted by Gasteiger charge is 2.38. The zero-order valence-corrected chi connectivity index (χ0v) is 24.0. The second kappa shape index (κ2) is 11.9. The van der Waals surface area contributed by atoms with Crippen LogP contribution in [0, 0.1) is 12.7 Å². The Morgan fingerprint density at radius 1 is 0.930 bits per heavy atom. The van der Waals surface area contributed by atoms with Gasteiger partial charge >= 0.3 is 6.18 Å². The van der Waals surface area contributed by atoms with Gasteiger partial charge in [-0.3, -0.25) is 4.79 Å². The number of benzene rings is 3. The normalized spacial score (nSPS) is 11.5. The second-order valence-corrected chi connectivity index (χ2v) is 10.1. The molecular weight excluding hydrogens is 588 g/mol. The number of anilines is 1. The van der Waals surface area contributed by atoms with E-state index < -0.39 is 39.2 Å². The number of rotatable bonds is 8. The Balaban J connectivity index is 1.70. The number of halogens is 5. The van der Waals surface area contributed by atoms with Gasteiger partial charge in [0.2, 0.25) is 0 Å². The van der Waals surface area contributed by atoms with Crippen molar-refractivity contribution in [3.05, 3.63) is 110 Å². The standard InChI is InChI=1S/C31H25ClF4N4O3/c1-17-12-24(40(14-18-4-8-20(42-2)9-5-18)15-19-6-10-21(43-3)11-7-19)39-29(26(17)31(34,35)36)22-13-23-25(28(33)27(22)32)30(41)38-16-37-23/h4-13,16H,14-15H2,1-3H3,(H,37,38,41). The third kappa shape index (κ3) is 6.12. The summed E-state index contributed by atoms with van der Waals surface area (Å²) in [7, 11) is 3.10. The molecule has 0 aliphatic carbocycles. The lowest BCUT2D eigenvalue weighted by Gasteiger charge is -2.27. The molecule has 0 atom stereocenters. The Kier molecular flexibility index (Phi) is 8.27. The molecule has 0 radical (unpaired) electrons. The number of ether oxygens (including phenoxy) is 2. The highest BCUT2D eigenvalue weighted by molar-refractivity contribution is 6.34. The Hall–Kier alpha value is -4.64. The van der Waals surface area contributed by atoms with Crippen molar-refractivity contribution in [2.24, 2.45) is 0 Å². The van der Waals surface area contributed by atoms with Crippen LogP contribution in [0.3, 0.4) is 0 Å². The Labute approximate surface area is 248 Å². The Morgan fingerprint density at radius 2 is 1.49 bits per heavy atom. The summed E-state index contributed by atoms with van der Waals surface area (Å²) in [6.45, 7) is 1.85. The summed E-state index contributed by atoms with van der Waals surface area (Å²) in [6, 6.07) is 17.0. The number of alkyl halides is 3. The molecule has 0 unspecified atom stereocenters. The van der Waals surface area contributed by atoms with Crippen molar-refractivity contribution in [1.82, 2.24) is 15.0 Å². The van der Waals surface area contributed by atoms with E-state index in [4.69, 9.17) is 21.1 Å². The average molecular weight is 613 g/mol. The molecule has 7 nitrogen and oxygen atoms in total. The lowest BCUT2D eigenvalue weighted by atomic mass is 9.99. The second-order valence-electron chi connectivity index (χ2n) is 9.75. The fourth-order valence-corrected chi connectivity index (χ4v) is 5.06. The minimum absolute atomic E-state index is 0.141. The van der Waals surface area contributed by atoms with Crippen LogP contribution in [-0.2, 0) is 19.3 Å². The maximum absolute atomic E-state index is 15.4. The molecule has 2 aromatic heterocycles.